The van der Waals surface area contributed by atoms with E-state index in [0.29, 0.717) is 18.1 Å². The van der Waals surface area contributed by atoms with Gasteiger partial charge in [-0.1, -0.05) is 20.8 Å². The summed E-state index contributed by atoms with van der Waals surface area (Å²) in [6.07, 6.45) is 1.92. The van der Waals surface area contributed by atoms with Crippen molar-refractivity contribution in [2.75, 3.05) is 0 Å². The summed E-state index contributed by atoms with van der Waals surface area (Å²) in [6, 6.07) is 3.29. The molecule has 0 amide bonds. The third kappa shape index (κ3) is 1.89. The number of carbonyl (C=O) groups excluding carboxylic acids is 1. The van der Waals surface area contributed by atoms with Crippen LogP contribution in [0.25, 0.3) is 0 Å². The third-order valence-corrected chi connectivity index (χ3v) is 5.90. The molecule has 3 rings (SSSR count). The standard InChI is InChI=1S/C18H24O4/c1-10-5-6-16(21)17(3,4)18(10)9-12-7-14(20)13(11(2)19)8-15(12)22-18/h7-8,10,16,20-21H,5-6,9H2,1-4H3/t10-,16+,18+/m0/s1. The fourth-order valence-corrected chi connectivity index (χ4v) is 4.20. The Kier molecular flexibility index (Phi) is 3.29. The minimum Gasteiger partial charge on any atom is -0.507 e. The molecule has 0 radical (unpaired) electrons. The summed E-state index contributed by atoms with van der Waals surface area (Å²) in [7, 11) is 0. The van der Waals surface area contributed by atoms with E-state index in [1.165, 1.54) is 6.92 Å². The average molecular weight is 304 g/mol. The molecule has 2 aliphatic rings. The Labute approximate surface area is 131 Å². The van der Waals surface area contributed by atoms with Crippen LogP contribution in [0.4, 0.5) is 0 Å². The first-order chi connectivity index (χ1) is 10.2. The Morgan fingerprint density at radius 2 is 2.00 bits per heavy atom. The van der Waals surface area contributed by atoms with E-state index in [1.54, 1.807) is 12.1 Å². The lowest BCUT2D eigenvalue weighted by molar-refractivity contribution is -0.156. The number of aliphatic hydroxyl groups excluding tert-OH is 1. The van der Waals surface area contributed by atoms with Crippen molar-refractivity contribution in [3.05, 3.63) is 23.3 Å². The highest BCUT2D eigenvalue weighted by Crippen LogP contribution is 2.55. The van der Waals surface area contributed by atoms with Gasteiger partial charge in [0.15, 0.2) is 5.78 Å². The molecule has 3 atom stereocenters. The van der Waals surface area contributed by atoms with Gasteiger partial charge in [0.1, 0.15) is 17.1 Å². The lowest BCUT2D eigenvalue weighted by Gasteiger charge is -2.53. The van der Waals surface area contributed by atoms with Crippen LogP contribution in [0.5, 0.6) is 11.5 Å². The number of fused-ring (bicyclic) bond motifs is 1. The van der Waals surface area contributed by atoms with E-state index in [-0.39, 0.29) is 17.1 Å². The molecule has 1 fully saturated rings. The number of rotatable bonds is 1. The quantitative estimate of drug-likeness (QED) is 0.782. The largest absolute Gasteiger partial charge is 0.507 e. The van der Waals surface area contributed by atoms with Gasteiger partial charge in [0, 0.05) is 17.4 Å². The topological polar surface area (TPSA) is 66.8 Å². The number of phenolic OH excluding ortho intramolecular Hbond substituents is 1. The van der Waals surface area contributed by atoms with Crippen LogP contribution in [-0.4, -0.2) is 27.7 Å². The van der Waals surface area contributed by atoms with Crippen LogP contribution in [0.2, 0.25) is 0 Å². The van der Waals surface area contributed by atoms with Gasteiger partial charge < -0.3 is 14.9 Å². The van der Waals surface area contributed by atoms with Gasteiger partial charge in [0.25, 0.3) is 0 Å². The van der Waals surface area contributed by atoms with Crippen LogP contribution in [-0.2, 0) is 6.42 Å². The number of Topliss-reactive ketones (excluding diaryl/α,β-unsaturated/α-hetero) is 1. The minimum atomic E-state index is -0.491. The zero-order chi connectivity index (χ0) is 16.3. The Bertz CT molecular complexity index is 634. The highest BCUT2D eigenvalue weighted by atomic mass is 16.5. The number of hydrogen-bond acceptors (Lipinski definition) is 4. The number of aromatic hydroxyl groups is 1. The highest BCUT2D eigenvalue weighted by molar-refractivity contribution is 5.97. The van der Waals surface area contributed by atoms with Crippen LogP contribution < -0.4 is 4.74 Å². The second-order valence-electron chi connectivity index (χ2n) is 7.42. The Morgan fingerprint density at radius 1 is 1.32 bits per heavy atom. The molecule has 4 nitrogen and oxygen atoms in total. The van der Waals surface area contributed by atoms with E-state index in [9.17, 15) is 15.0 Å². The van der Waals surface area contributed by atoms with Crippen molar-refractivity contribution >= 4 is 5.78 Å². The predicted molar refractivity (Wildman–Crippen MR) is 83.4 cm³/mol. The Balaban J connectivity index is 2.07. The van der Waals surface area contributed by atoms with E-state index < -0.39 is 17.1 Å². The van der Waals surface area contributed by atoms with E-state index in [2.05, 4.69) is 6.92 Å². The average Bonchev–Trinajstić information content (AvgIpc) is 2.81. The van der Waals surface area contributed by atoms with Crippen molar-refractivity contribution in [3.8, 4) is 11.5 Å². The SMILES string of the molecule is CC(=O)c1cc2c(cc1O)C[C@@]1(O2)[C@@H](C)CC[C@@H](O)C1(C)C. The molecule has 1 aromatic carbocycles. The number of ketones is 1. The van der Waals surface area contributed by atoms with E-state index >= 15 is 0 Å². The normalized spacial score (nSPS) is 32.6. The maximum absolute atomic E-state index is 11.6. The van der Waals surface area contributed by atoms with Crippen LogP contribution >= 0.6 is 0 Å². The molecule has 0 saturated heterocycles. The summed E-state index contributed by atoms with van der Waals surface area (Å²) in [5, 5.41) is 20.5. The lowest BCUT2D eigenvalue weighted by Crippen LogP contribution is -2.61. The van der Waals surface area contributed by atoms with Gasteiger partial charge in [0.2, 0.25) is 0 Å². The number of aliphatic hydroxyl groups is 1. The predicted octanol–water partition coefficient (Wildman–Crippen LogP) is 3.09. The summed E-state index contributed by atoms with van der Waals surface area (Å²) in [6.45, 7) is 7.68. The van der Waals surface area contributed by atoms with Crippen molar-refractivity contribution < 1.29 is 19.7 Å². The first-order valence-corrected chi connectivity index (χ1v) is 7.93. The van der Waals surface area contributed by atoms with Crippen LogP contribution in [0.15, 0.2) is 12.1 Å². The van der Waals surface area contributed by atoms with Crippen molar-refractivity contribution in [2.45, 2.75) is 58.7 Å². The van der Waals surface area contributed by atoms with Gasteiger partial charge in [-0.25, -0.2) is 0 Å². The van der Waals surface area contributed by atoms with Crippen LogP contribution in [0, 0.1) is 11.3 Å². The summed E-state index contributed by atoms with van der Waals surface area (Å²) >= 11 is 0. The maximum Gasteiger partial charge on any atom is 0.163 e. The van der Waals surface area contributed by atoms with Crippen molar-refractivity contribution in [2.24, 2.45) is 11.3 Å². The summed E-state index contributed by atoms with van der Waals surface area (Å²) < 4.78 is 6.36. The number of hydrogen-bond donors (Lipinski definition) is 2. The molecule has 1 spiro atoms. The van der Waals surface area contributed by atoms with Gasteiger partial charge in [0.05, 0.1) is 11.7 Å². The number of ether oxygens (including phenoxy) is 1. The van der Waals surface area contributed by atoms with Gasteiger partial charge in [-0.05, 0) is 37.8 Å². The van der Waals surface area contributed by atoms with Gasteiger partial charge in [-0.2, -0.15) is 0 Å². The number of carbonyl (C=O) groups is 1. The Hall–Kier alpha value is -1.55. The van der Waals surface area contributed by atoms with Gasteiger partial charge in [-0.15, -0.1) is 0 Å². The second kappa shape index (κ2) is 4.72. The van der Waals surface area contributed by atoms with Crippen LogP contribution in [0.1, 0.15) is 56.5 Å². The van der Waals surface area contributed by atoms with Gasteiger partial charge in [-0.3, -0.25) is 4.79 Å². The van der Waals surface area contributed by atoms with Gasteiger partial charge >= 0.3 is 0 Å². The third-order valence-electron chi connectivity index (χ3n) is 5.90. The van der Waals surface area contributed by atoms with E-state index in [4.69, 9.17) is 4.74 Å². The Morgan fingerprint density at radius 3 is 2.64 bits per heavy atom. The molecule has 0 unspecified atom stereocenters. The molecule has 1 saturated carbocycles. The molecule has 1 aliphatic heterocycles. The molecular formula is C18H24O4. The molecule has 2 N–H and O–H groups in total. The highest BCUT2D eigenvalue weighted by Gasteiger charge is 2.59. The zero-order valence-corrected chi connectivity index (χ0v) is 13.6. The molecule has 1 aliphatic carbocycles. The van der Waals surface area contributed by atoms with Crippen LogP contribution in [0.3, 0.4) is 0 Å². The molecular weight excluding hydrogens is 280 g/mol. The zero-order valence-electron chi connectivity index (χ0n) is 13.6. The molecule has 22 heavy (non-hydrogen) atoms. The molecule has 1 heterocycles. The molecule has 1 aromatic rings. The molecule has 120 valence electrons. The van der Waals surface area contributed by atoms with Crippen molar-refractivity contribution in [3.63, 3.8) is 0 Å². The molecule has 0 bridgehead atoms. The maximum atomic E-state index is 11.6. The number of benzene rings is 1. The first kappa shape index (κ1) is 15.3. The molecule has 4 heteroatoms. The summed E-state index contributed by atoms with van der Waals surface area (Å²) in [5.74, 6) is 0.785. The summed E-state index contributed by atoms with van der Waals surface area (Å²) in [4.78, 5) is 11.6. The first-order valence-electron chi connectivity index (χ1n) is 7.93. The molecule has 0 aromatic heterocycles. The number of phenols is 1. The van der Waals surface area contributed by atoms with E-state index in [1.807, 2.05) is 13.8 Å². The second-order valence-corrected chi connectivity index (χ2v) is 7.42. The monoisotopic (exact) mass is 304 g/mol. The summed E-state index contributed by atoms with van der Waals surface area (Å²) in [5.41, 5.74) is 0.319. The van der Waals surface area contributed by atoms with Crippen molar-refractivity contribution in [1.82, 2.24) is 0 Å². The van der Waals surface area contributed by atoms with Crippen molar-refractivity contribution in [1.29, 1.82) is 0 Å². The fraction of sp³-hybridized carbons (Fsp3) is 0.611. The minimum absolute atomic E-state index is 0.00807. The smallest absolute Gasteiger partial charge is 0.163 e. The van der Waals surface area contributed by atoms with E-state index in [0.717, 1.165) is 18.4 Å². The lowest BCUT2D eigenvalue weighted by atomic mass is 9.58. The fourth-order valence-electron chi connectivity index (χ4n) is 4.20.